The molecule has 1 atom stereocenters. The van der Waals surface area contributed by atoms with Crippen LogP contribution in [0.2, 0.25) is 0 Å². The number of ether oxygens (including phenoxy) is 1. The molecule has 3 aromatic heterocycles. The molecule has 1 N–H and O–H groups in total. The SMILES string of the molecule is CCOc1ccc2[nH]c(=O)c([C@H](c3nnnn3C(C)(C)C)N3CCN(C(=O)c4ccco4)CC3)cc2c1. The summed E-state index contributed by atoms with van der Waals surface area (Å²) in [6, 6.07) is 10.4. The maximum atomic E-state index is 13.4. The zero-order chi connectivity index (χ0) is 26.2. The summed E-state index contributed by atoms with van der Waals surface area (Å²) in [4.78, 5) is 33.2. The largest absolute Gasteiger partial charge is 0.494 e. The fraction of sp³-hybridized carbons (Fsp3) is 0.423. The van der Waals surface area contributed by atoms with Gasteiger partial charge in [0.1, 0.15) is 11.8 Å². The topological polar surface area (TPSA) is 122 Å². The molecule has 1 saturated heterocycles. The number of furan rings is 1. The van der Waals surface area contributed by atoms with Gasteiger partial charge in [0.25, 0.3) is 11.5 Å². The molecule has 4 aromatic rings. The molecule has 5 rings (SSSR count). The Balaban J connectivity index is 1.54. The van der Waals surface area contributed by atoms with Crippen molar-refractivity contribution in [2.75, 3.05) is 32.8 Å². The molecule has 0 saturated carbocycles. The molecule has 1 fully saturated rings. The molecular weight excluding hydrogens is 474 g/mol. The number of piperazine rings is 1. The first-order valence-corrected chi connectivity index (χ1v) is 12.4. The van der Waals surface area contributed by atoms with Gasteiger partial charge in [-0.1, -0.05) is 0 Å². The lowest BCUT2D eigenvalue weighted by atomic mass is 10.0. The lowest BCUT2D eigenvalue weighted by Crippen LogP contribution is -2.51. The summed E-state index contributed by atoms with van der Waals surface area (Å²) in [6.45, 7) is 10.6. The normalized spacial score (nSPS) is 15.7. The van der Waals surface area contributed by atoms with Crippen molar-refractivity contribution in [1.29, 1.82) is 0 Å². The number of hydrogen-bond donors (Lipinski definition) is 1. The first kappa shape index (κ1) is 24.7. The highest BCUT2D eigenvalue weighted by Crippen LogP contribution is 2.31. The van der Waals surface area contributed by atoms with Gasteiger partial charge >= 0.3 is 0 Å². The molecule has 0 bridgehead atoms. The third kappa shape index (κ3) is 4.86. The zero-order valence-electron chi connectivity index (χ0n) is 21.5. The van der Waals surface area contributed by atoms with Crippen LogP contribution < -0.4 is 10.3 Å². The van der Waals surface area contributed by atoms with Gasteiger partial charge in [-0.15, -0.1) is 5.10 Å². The van der Waals surface area contributed by atoms with Gasteiger partial charge in [0.2, 0.25) is 0 Å². The lowest BCUT2D eigenvalue weighted by Gasteiger charge is -2.39. The Kier molecular flexibility index (Phi) is 6.55. The molecule has 0 aliphatic carbocycles. The Morgan fingerprint density at radius 2 is 1.95 bits per heavy atom. The maximum absolute atomic E-state index is 13.4. The average Bonchev–Trinajstić information content (AvgIpc) is 3.58. The van der Waals surface area contributed by atoms with E-state index in [1.807, 2.05) is 52.0 Å². The van der Waals surface area contributed by atoms with Crippen LogP contribution in [0.3, 0.4) is 0 Å². The van der Waals surface area contributed by atoms with Crippen molar-refractivity contribution in [2.24, 2.45) is 0 Å². The zero-order valence-corrected chi connectivity index (χ0v) is 21.5. The molecule has 194 valence electrons. The van der Waals surface area contributed by atoms with Crippen molar-refractivity contribution in [3.63, 3.8) is 0 Å². The summed E-state index contributed by atoms with van der Waals surface area (Å²) >= 11 is 0. The molecule has 0 spiro atoms. The Morgan fingerprint density at radius 1 is 1.16 bits per heavy atom. The molecule has 37 heavy (non-hydrogen) atoms. The average molecular weight is 506 g/mol. The molecular formula is C26H31N7O4. The van der Waals surface area contributed by atoms with E-state index in [2.05, 4.69) is 25.4 Å². The summed E-state index contributed by atoms with van der Waals surface area (Å²) in [6.07, 6.45) is 1.49. The number of fused-ring (bicyclic) bond motifs is 1. The molecule has 0 unspecified atom stereocenters. The van der Waals surface area contributed by atoms with Crippen molar-refractivity contribution < 1.29 is 13.9 Å². The Bertz CT molecular complexity index is 1440. The predicted molar refractivity (Wildman–Crippen MR) is 137 cm³/mol. The number of benzene rings is 1. The quantitative estimate of drug-likeness (QED) is 0.424. The van der Waals surface area contributed by atoms with Gasteiger partial charge in [-0.2, -0.15) is 0 Å². The second-order valence-corrected chi connectivity index (χ2v) is 10.1. The van der Waals surface area contributed by atoms with Crippen LogP contribution in [-0.2, 0) is 5.54 Å². The molecule has 0 radical (unpaired) electrons. The molecule has 1 aromatic carbocycles. The fourth-order valence-electron chi connectivity index (χ4n) is 4.74. The number of hydrogen-bond acceptors (Lipinski definition) is 8. The number of aromatic nitrogens is 5. The highest BCUT2D eigenvalue weighted by molar-refractivity contribution is 5.91. The summed E-state index contributed by atoms with van der Waals surface area (Å²) in [5.74, 6) is 1.48. The van der Waals surface area contributed by atoms with E-state index in [1.54, 1.807) is 21.7 Å². The highest BCUT2D eigenvalue weighted by atomic mass is 16.5. The summed E-state index contributed by atoms with van der Waals surface area (Å²) in [7, 11) is 0. The molecule has 11 nitrogen and oxygen atoms in total. The first-order valence-electron chi connectivity index (χ1n) is 12.4. The number of carbonyl (C=O) groups is 1. The number of tetrazole rings is 1. The highest BCUT2D eigenvalue weighted by Gasteiger charge is 2.36. The molecule has 1 aliphatic heterocycles. The van der Waals surface area contributed by atoms with Crippen molar-refractivity contribution >= 4 is 16.8 Å². The Morgan fingerprint density at radius 3 is 2.62 bits per heavy atom. The molecule has 1 amide bonds. The number of H-pyrrole nitrogens is 1. The Hall–Kier alpha value is -3.99. The number of amides is 1. The summed E-state index contributed by atoms with van der Waals surface area (Å²) in [5.41, 5.74) is 0.645. The van der Waals surface area contributed by atoms with Crippen LogP contribution in [0, 0.1) is 0 Å². The molecule has 4 heterocycles. The van der Waals surface area contributed by atoms with E-state index in [9.17, 15) is 9.59 Å². The predicted octanol–water partition coefficient (Wildman–Crippen LogP) is 2.81. The van der Waals surface area contributed by atoms with Crippen LogP contribution >= 0.6 is 0 Å². The van der Waals surface area contributed by atoms with E-state index >= 15 is 0 Å². The van der Waals surface area contributed by atoms with Crippen molar-refractivity contribution in [3.8, 4) is 5.75 Å². The van der Waals surface area contributed by atoms with Gasteiger partial charge < -0.3 is 19.0 Å². The van der Waals surface area contributed by atoms with Gasteiger partial charge in [0, 0.05) is 42.6 Å². The number of nitrogens with one attached hydrogen (secondary N) is 1. The van der Waals surface area contributed by atoms with Crippen LogP contribution in [0.4, 0.5) is 0 Å². The summed E-state index contributed by atoms with van der Waals surface area (Å²) in [5, 5.41) is 13.5. The van der Waals surface area contributed by atoms with Crippen LogP contribution in [-0.4, -0.2) is 73.7 Å². The number of nitrogens with zero attached hydrogens (tertiary/aromatic N) is 6. The van der Waals surface area contributed by atoms with Crippen LogP contribution in [0.1, 0.15) is 55.7 Å². The minimum absolute atomic E-state index is 0.146. The van der Waals surface area contributed by atoms with E-state index in [-0.39, 0.29) is 11.5 Å². The van der Waals surface area contributed by atoms with Crippen LogP contribution in [0.15, 0.2) is 51.9 Å². The third-order valence-electron chi connectivity index (χ3n) is 6.52. The third-order valence-corrected chi connectivity index (χ3v) is 6.52. The van der Waals surface area contributed by atoms with E-state index in [0.717, 1.165) is 16.7 Å². The van der Waals surface area contributed by atoms with Crippen LogP contribution in [0.5, 0.6) is 5.75 Å². The second-order valence-electron chi connectivity index (χ2n) is 10.1. The molecule has 11 heteroatoms. The minimum atomic E-state index is -0.515. The monoisotopic (exact) mass is 505 g/mol. The van der Waals surface area contributed by atoms with E-state index in [0.29, 0.717) is 49.9 Å². The maximum Gasteiger partial charge on any atom is 0.289 e. The fourth-order valence-corrected chi connectivity index (χ4v) is 4.74. The van der Waals surface area contributed by atoms with E-state index < -0.39 is 11.6 Å². The van der Waals surface area contributed by atoms with E-state index in [4.69, 9.17) is 9.15 Å². The van der Waals surface area contributed by atoms with Crippen molar-refractivity contribution in [2.45, 2.75) is 39.3 Å². The number of aromatic amines is 1. The second kappa shape index (κ2) is 9.81. The number of rotatable bonds is 6. The number of carbonyl (C=O) groups excluding carboxylic acids is 1. The molecule has 1 aliphatic rings. The number of pyridine rings is 1. The van der Waals surface area contributed by atoms with Gasteiger partial charge in [-0.05, 0) is 74.5 Å². The van der Waals surface area contributed by atoms with Gasteiger partial charge in [-0.25, -0.2) is 4.68 Å². The van der Waals surface area contributed by atoms with Crippen molar-refractivity contribution in [3.05, 3.63) is 70.2 Å². The minimum Gasteiger partial charge on any atom is -0.494 e. The van der Waals surface area contributed by atoms with Crippen LogP contribution in [0.25, 0.3) is 10.9 Å². The van der Waals surface area contributed by atoms with Gasteiger partial charge in [0.05, 0.1) is 18.4 Å². The standard InChI is InChI=1S/C26H31N7O4/c1-5-36-18-8-9-20-17(15-18)16-19(24(34)27-20)22(23-28-29-30-33(23)26(2,3)4)31-10-12-32(13-11-31)25(35)21-7-6-14-37-21/h6-9,14-16,22H,5,10-13H2,1-4H3,(H,27,34)/t22-/m1/s1. The van der Waals surface area contributed by atoms with Crippen molar-refractivity contribution in [1.82, 2.24) is 35.0 Å². The first-order chi connectivity index (χ1) is 17.8. The lowest BCUT2D eigenvalue weighted by molar-refractivity contribution is 0.0555. The van der Waals surface area contributed by atoms with Gasteiger partial charge in [0.15, 0.2) is 11.6 Å². The van der Waals surface area contributed by atoms with Gasteiger partial charge in [-0.3, -0.25) is 14.5 Å². The Labute approximate surface area is 214 Å². The summed E-state index contributed by atoms with van der Waals surface area (Å²) < 4.78 is 12.7. The smallest absolute Gasteiger partial charge is 0.289 e. The van der Waals surface area contributed by atoms with E-state index in [1.165, 1.54) is 6.26 Å².